The number of rotatable bonds is 0. The second kappa shape index (κ2) is 3.06. The summed E-state index contributed by atoms with van der Waals surface area (Å²) in [5.74, 6) is 0. The van der Waals surface area contributed by atoms with Crippen LogP contribution in [0.4, 0.5) is 0 Å². The maximum absolute atomic E-state index is 11.7. The van der Waals surface area contributed by atoms with Gasteiger partial charge in [-0.1, -0.05) is 0 Å². The van der Waals surface area contributed by atoms with Crippen molar-refractivity contribution in [1.29, 1.82) is 0 Å². The van der Waals surface area contributed by atoms with Crippen molar-refractivity contribution in [2.45, 2.75) is 0 Å². The van der Waals surface area contributed by atoms with Crippen LogP contribution in [0.5, 0.6) is 0 Å². The Hall–Kier alpha value is -2.36. The first-order valence-corrected chi connectivity index (χ1v) is 4.90. The van der Waals surface area contributed by atoms with Crippen LogP contribution < -0.4 is 9.46 Å². The number of hydrogen-bond acceptors (Lipinski definition) is 2. The van der Waals surface area contributed by atoms with Gasteiger partial charge in [-0.15, -0.1) is 0 Å². The molecule has 4 nitrogen and oxygen atoms in total. The topological polar surface area (TPSA) is 53.9 Å². The summed E-state index contributed by atoms with van der Waals surface area (Å²) in [5, 5.41) is 24.8. The molecule has 0 N–H and O–H groups in total. The van der Waals surface area contributed by atoms with E-state index in [0.717, 1.165) is 14.8 Å². The third-order valence-electron chi connectivity index (χ3n) is 2.66. The molecule has 0 fully saturated rings. The molecule has 0 amide bonds. The average Bonchev–Trinajstić information content (AvgIpc) is 2.29. The van der Waals surface area contributed by atoms with Crippen LogP contribution in [0.3, 0.4) is 0 Å². The van der Waals surface area contributed by atoms with Crippen LogP contribution in [0.1, 0.15) is 0 Å². The van der Waals surface area contributed by atoms with Gasteiger partial charge in [0.05, 0.1) is 0 Å². The van der Waals surface area contributed by atoms with Crippen LogP contribution in [0, 0.1) is 10.4 Å². The number of hydrogen-bond donors (Lipinski definition) is 0. The molecule has 0 saturated heterocycles. The number of aromatic nitrogens is 2. The first kappa shape index (κ1) is 8.91. The van der Waals surface area contributed by atoms with Crippen molar-refractivity contribution in [3.05, 3.63) is 59.2 Å². The van der Waals surface area contributed by atoms with E-state index in [1.165, 1.54) is 12.4 Å². The summed E-state index contributed by atoms with van der Waals surface area (Å²) in [7, 11) is 0. The third-order valence-corrected chi connectivity index (χ3v) is 2.66. The molecule has 0 saturated carbocycles. The monoisotopic (exact) mass is 212 g/mol. The Balaban J connectivity index is 2.64. The van der Waals surface area contributed by atoms with Gasteiger partial charge < -0.3 is 10.4 Å². The van der Waals surface area contributed by atoms with Gasteiger partial charge in [0.25, 0.3) is 0 Å². The molecule has 0 radical (unpaired) electrons. The molecular formula is C12H8N2O2. The minimum absolute atomic E-state index is 0.505. The Morgan fingerprint density at radius 1 is 0.812 bits per heavy atom. The fourth-order valence-electron chi connectivity index (χ4n) is 1.95. The van der Waals surface area contributed by atoms with Gasteiger partial charge in [-0.3, -0.25) is 0 Å². The van der Waals surface area contributed by atoms with Crippen molar-refractivity contribution in [2.24, 2.45) is 0 Å². The van der Waals surface area contributed by atoms with Gasteiger partial charge in [-0.25, -0.2) is 0 Å². The molecule has 2 aromatic heterocycles. The molecular weight excluding hydrogens is 204 g/mol. The van der Waals surface area contributed by atoms with E-state index >= 15 is 0 Å². The molecule has 0 unspecified atom stereocenters. The standard InChI is InChI=1S/C12H8N2O2/c15-13-7-2-4-10-11(13)6-5-9-3-1-8-14(16)12(9)10/h1-8H. The minimum Gasteiger partial charge on any atom is -0.618 e. The van der Waals surface area contributed by atoms with Crippen LogP contribution >= 0.6 is 0 Å². The molecule has 4 heteroatoms. The van der Waals surface area contributed by atoms with Gasteiger partial charge in [0.1, 0.15) is 5.39 Å². The summed E-state index contributed by atoms with van der Waals surface area (Å²) >= 11 is 0. The number of pyridine rings is 2. The highest BCUT2D eigenvalue weighted by Gasteiger charge is 2.12. The smallest absolute Gasteiger partial charge is 0.237 e. The Morgan fingerprint density at radius 3 is 2.44 bits per heavy atom. The molecule has 0 aliphatic rings. The Kier molecular flexibility index (Phi) is 1.71. The lowest BCUT2D eigenvalue weighted by Crippen LogP contribution is -2.29. The van der Waals surface area contributed by atoms with Crippen molar-refractivity contribution in [3.63, 3.8) is 0 Å². The van der Waals surface area contributed by atoms with Crippen LogP contribution in [0.2, 0.25) is 0 Å². The molecule has 0 bridgehead atoms. The number of nitrogens with zero attached hydrogens (tertiary/aromatic N) is 2. The van der Waals surface area contributed by atoms with Gasteiger partial charge in [-0.05, 0) is 18.2 Å². The predicted octanol–water partition coefficient (Wildman–Crippen LogP) is 1.26. The zero-order valence-electron chi connectivity index (χ0n) is 8.33. The molecule has 3 aromatic rings. The highest BCUT2D eigenvalue weighted by atomic mass is 16.5. The van der Waals surface area contributed by atoms with Gasteiger partial charge in [0, 0.05) is 23.6 Å². The maximum atomic E-state index is 11.7. The summed E-state index contributed by atoms with van der Waals surface area (Å²) in [6.45, 7) is 0. The highest BCUT2D eigenvalue weighted by Crippen LogP contribution is 2.19. The summed E-state index contributed by atoms with van der Waals surface area (Å²) < 4.78 is 1.56. The van der Waals surface area contributed by atoms with Crippen molar-refractivity contribution in [3.8, 4) is 0 Å². The second-order valence-corrected chi connectivity index (χ2v) is 3.60. The van der Waals surface area contributed by atoms with Crippen molar-refractivity contribution >= 4 is 21.8 Å². The largest absolute Gasteiger partial charge is 0.618 e. The molecule has 0 aliphatic carbocycles. The summed E-state index contributed by atoms with van der Waals surface area (Å²) in [6.07, 6.45) is 2.86. The Morgan fingerprint density at radius 2 is 1.56 bits per heavy atom. The van der Waals surface area contributed by atoms with E-state index in [0.29, 0.717) is 16.4 Å². The quantitative estimate of drug-likeness (QED) is 0.320. The summed E-state index contributed by atoms with van der Waals surface area (Å²) in [6, 6.07) is 10.5. The number of fused-ring (bicyclic) bond motifs is 3. The van der Waals surface area contributed by atoms with Crippen LogP contribution in [0.15, 0.2) is 48.8 Å². The first-order chi connectivity index (χ1) is 7.77. The van der Waals surface area contributed by atoms with E-state index < -0.39 is 0 Å². The fourth-order valence-corrected chi connectivity index (χ4v) is 1.95. The molecule has 1 aromatic carbocycles. The lowest BCUT2D eigenvalue weighted by Gasteiger charge is -2.04. The first-order valence-electron chi connectivity index (χ1n) is 4.90. The molecule has 0 spiro atoms. The molecule has 78 valence electrons. The highest BCUT2D eigenvalue weighted by molar-refractivity contribution is 6.00. The Bertz CT molecular complexity index is 695. The van der Waals surface area contributed by atoms with Gasteiger partial charge >= 0.3 is 0 Å². The van der Waals surface area contributed by atoms with E-state index in [4.69, 9.17) is 0 Å². The third kappa shape index (κ3) is 1.10. The lowest BCUT2D eigenvalue weighted by atomic mass is 10.1. The van der Waals surface area contributed by atoms with Crippen molar-refractivity contribution in [2.75, 3.05) is 0 Å². The second-order valence-electron chi connectivity index (χ2n) is 3.60. The average molecular weight is 212 g/mol. The maximum Gasteiger partial charge on any atom is 0.237 e. The Labute approximate surface area is 91.2 Å². The van der Waals surface area contributed by atoms with Crippen LogP contribution in [-0.2, 0) is 0 Å². The van der Waals surface area contributed by atoms with Gasteiger partial charge in [0.2, 0.25) is 11.0 Å². The molecule has 0 atom stereocenters. The van der Waals surface area contributed by atoms with E-state index in [1.54, 1.807) is 30.3 Å². The zero-order chi connectivity index (χ0) is 11.1. The number of benzene rings is 1. The van der Waals surface area contributed by atoms with Gasteiger partial charge in [0.15, 0.2) is 12.4 Å². The van der Waals surface area contributed by atoms with Crippen molar-refractivity contribution < 1.29 is 9.46 Å². The van der Waals surface area contributed by atoms with E-state index in [1.807, 2.05) is 6.07 Å². The molecule has 3 rings (SSSR count). The zero-order valence-corrected chi connectivity index (χ0v) is 8.33. The van der Waals surface area contributed by atoms with Gasteiger partial charge in [-0.2, -0.15) is 9.46 Å². The van der Waals surface area contributed by atoms with E-state index in [2.05, 4.69) is 0 Å². The van der Waals surface area contributed by atoms with Crippen LogP contribution in [0.25, 0.3) is 21.8 Å². The summed E-state index contributed by atoms with van der Waals surface area (Å²) in [5.41, 5.74) is 1.04. The van der Waals surface area contributed by atoms with Crippen molar-refractivity contribution in [1.82, 2.24) is 0 Å². The van der Waals surface area contributed by atoms with Crippen LogP contribution in [-0.4, -0.2) is 0 Å². The summed E-state index contributed by atoms with van der Waals surface area (Å²) in [4.78, 5) is 0. The lowest BCUT2D eigenvalue weighted by molar-refractivity contribution is -0.580. The SMILES string of the molecule is [O-][n+]1cccc2c1ccc1ccc[n+]([O-])c12. The van der Waals surface area contributed by atoms with E-state index in [-0.39, 0.29) is 0 Å². The van der Waals surface area contributed by atoms with E-state index in [9.17, 15) is 10.4 Å². The molecule has 16 heavy (non-hydrogen) atoms. The fraction of sp³-hybridized carbons (Fsp3) is 0. The normalized spacial score (nSPS) is 11.0. The molecule has 2 heterocycles. The minimum atomic E-state index is 0.505. The molecule has 0 aliphatic heterocycles. The predicted molar refractivity (Wildman–Crippen MR) is 59.4 cm³/mol.